The van der Waals surface area contributed by atoms with Crippen molar-refractivity contribution in [2.75, 3.05) is 38.5 Å². The van der Waals surface area contributed by atoms with Crippen LogP contribution in [0.5, 0.6) is 0 Å². The number of nitrogen functional groups attached to an aromatic ring is 1. The van der Waals surface area contributed by atoms with Gasteiger partial charge in [0, 0.05) is 38.3 Å². The van der Waals surface area contributed by atoms with Crippen molar-refractivity contribution < 1.29 is 4.79 Å². The summed E-state index contributed by atoms with van der Waals surface area (Å²) in [5.74, 6) is 0.489. The average Bonchev–Trinajstić information content (AvgIpc) is 3.28. The first-order valence-corrected chi connectivity index (χ1v) is 12.7. The number of carbonyl (C=O) groups excluding carboxylic acids is 1. The zero-order valence-corrected chi connectivity index (χ0v) is 20.9. The Morgan fingerprint density at radius 1 is 1.00 bits per heavy atom. The zero-order chi connectivity index (χ0) is 25.1. The average molecular weight is 484 g/mol. The van der Waals surface area contributed by atoms with Crippen LogP contribution in [0.25, 0.3) is 33.1 Å². The molecule has 1 fully saturated rings. The third kappa shape index (κ3) is 4.68. The first-order valence-electron chi connectivity index (χ1n) is 12.7. The highest BCUT2D eigenvalue weighted by Crippen LogP contribution is 2.35. The van der Waals surface area contributed by atoms with Crippen LogP contribution < -0.4 is 5.73 Å². The number of aryl methyl sites for hydroxylation is 2. The molecule has 1 saturated heterocycles. The number of carbonyl (C=O) groups is 1. The molecule has 4 aromatic rings. The molecule has 0 aliphatic carbocycles. The minimum atomic E-state index is 0.0311. The number of nitrogens with two attached hydrogens (primary N) is 1. The number of rotatable bonds is 8. The monoisotopic (exact) mass is 483 g/mol. The molecule has 0 radical (unpaired) electrons. The predicted molar refractivity (Wildman–Crippen MR) is 144 cm³/mol. The number of hydrogen-bond acceptors (Lipinski definition) is 6. The van der Waals surface area contributed by atoms with Crippen molar-refractivity contribution in [3.8, 4) is 11.3 Å². The van der Waals surface area contributed by atoms with Gasteiger partial charge in [0.25, 0.3) is 0 Å². The molecule has 0 atom stereocenters. The summed E-state index contributed by atoms with van der Waals surface area (Å²) >= 11 is 0. The first-order chi connectivity index (χ1) is 17.6. The van der Waals surface area contributed by atoms with Crippen LogP contribution >= 0.6 is 0 Å². The Balaban J connectivity index is 1.27. The molecular formula is C28H33N7O. The number of aromatic nitrogens is 4. The molecular weight excluding hydrogens is 450 g/mol. The van der Waals surface area contributed by atoms with Crippen molar-refractivity contribution in [1.29, 1.82) is 0 Å². The van der Waals surface area contributed by atoms with Gasteiger partial charge in [0.1, 0.15) is 17.8 Å². The van der Waals surface area contributed by atoms with Gasteiger partial charge in [-0.15, -0.1) is 0 Å². The summed E-state index contributed by atoms with van der Waals surface area (Å²) in [5, 5.41) is 8.18. The van der Waals surface area contributed by atoms with Gasteiger partial charge in [0.05, 0.1) is 5.39 Å². The molecule has 1 aliphatic rings. The van der Waals surface area contributed by atoms with Gasteiger partial charge in [-0.2, -0.15) is 5.10 Å². The Kier molecular flexibility index (Phi) is 6.95. The van der Waals surface area contributed by atoms with Crippen LogP contribution in [0.15, 0.2) is 55.4 Å². The molecule has 0 bridgehead atoms. The van der Waals surface area contributed by atoms with Gasteiger partial charge >= 0.3 is 0 Å². The molecule has 3 heterocycles. The van der Waals surface area contributed by atoms with E-state index >= 15 is 0 Å². The lowest BCUT2D eigenvalue weighted by Crippen LogP contribution is -2.48. The summed E-state index contributed by atoms with van der Waals surface area (Å²) < 4.78 is 1.98. The molecule has 8 heteroatoms. The molecule has 186 valence electrons. The topological polar surface area (TPSA) is 93.2 Å². The van der Waals surface area contributed by atoms with Crippen molar-refractivity contribution in [1.82, 2.24) is 29.5 Å². The van der Waals surface area contributed by atoms with Gasteiger partial charge in [0.2, 0.25) is 5.91 Å². The maximum absolute atomic E-state index is 11.8. The summed E-state index contributed by atoms with van der Waals surface area (Å²) in [6.07, 6.45) is 6.13. The Morgan fingerprint density at radius 3 is 2.53 bits per heavy atom. The van der Waals surface area contributed by atoms with Crippen molar-refractivity contribution >= 4 is 33.5 Å². The van der Waals surface area contributed by atoms with E-state index in [4.69, 9.17) is 10.8 Å². The fourth-order valence-corrected chi connectivity index (χ4v) is 5.13. The third-order valence-electron chi connectivity index (χ3n) is 7.16. The maximum Gasteiger partial charge on any atom is 0.246 e. The van der Waals surface area contributed by atoms with Crippen LogP contribution in [0.1, 0.15) is 24.8 Å². The lowest BCUT2D eigenvalue weighted by atomic mass is 9.97. The number of benzene rings is 2. The van der Waals surface area contributed by atoms with Gasteiger partial charge in [-0.25, -0.2) is 14.6 Å². The van der Waals surface area contributed by atoms with E-state index in [0.717, 1.165) is 86.2 Å². The first kappa shape index (κ1) is 23.9. The summed E-state index contributed by atoms with van der Waals surface area (Å²) in [5.41, 5.74) is 10.2. The van der Waals surface area contributed by atoms with Crippen LogP contribution in [0.2, 0.25) is 0 Å². The Morgan fingerprint density at radius 2 is 1.75 bits per heavy atom. The number of hydrogen-bond donors (Lipinski definition) is 1. The fourth-order valence-electron chi connectivity index (χ4n) is 5.13. The lowest BCUT2D eigenvalue weighted by molar-refractivity contribution is -0.127. The second kappa shape index (κ2) is 10.5. The zero-order valence-electron chi connectivity index (χ0n) is 20.9. The Labute approximate surface area is 211 Å². The Bertz CT molecular complexity index is 1400. The second-order valence-corrected chi connectivity index (χ2v) is 9.44. The van der Waals surface area contributed by atoms with Crippen LogP contribution in [0.4, 0.5) is 5.82 Å². The highest BCUT2D eigenvalue weighted by molar-refractivity contribution is 6.06. The lowest BCUT2D eigenvalue weighted by Gasteiger charge is -2.34. The van der Waals surface area contributed by atoms with Gasteiger partial charge in [-0.05, 0) is 48.7 Å². The van der Waals surface area contributed by atoms with Crippen LogP contribution in [-0.4, -0.2) is 68.2 Å². The smallest absolute Gasteiger partial charge is 0.246 e. The van der Waals surface area contributed by atoms with Crippen molar-refractivity contribution in [2.24, 2.45) is 0 Å². The highest BCUT2D eigenvalue weighted by atomic mass is 16.2. The number of anilines is 1. The molecule has 2 N–H and O–H groups in total. The number of fused-ring (bicyclic) bond motifs is 2. The normalized spacial score (nSPS) is 14.5. The molecule has 36 heavy (non-hydrogen) atoms. The molecule has 2 aromatic heterocycles. The molecule has 5 rings (SSSR count). The van der Waals surface area contributed by atoms with Crippen molar-refractivity contribution in [3.63, 3.8) is 0 Å². The molecule has 8 nitrogen and oxygen atoms in total. The van der Waals surface area contributed by atoms with Gasteiger partial charge in [-0.1, -0.05) is 49.4 Å². The second-order valence-electron chi connectivity index (χ2n) is 9.44. The number of amides is 1. The largest absolute Gasteiger partial charge is 0.383 e. The van der Waals surface area contributed by atoms with E-state index in [1.54, 1.807) is 0 Å². The standard InChI is InChI=1S/C28H33N7O/c1-3-24(36)34-17-15-33(16-18-34)13-7-4-8-14-35-28-25(27(29)30-19-31-28)26(32-35)23-12-11-20(2)21-9-5-6-10-22(21)23/h3,5-6,9-12,19H,1,4,7-8,13-18H2,2H3,(H2,29,30,31). The SMILES string of the molecule is C=CC(=O)N1CCN(CCCCCn2nc(-c3ccc(C)c4ccccc34)c3c(N)ncnc32)CC1. The molecule has 1 amide bonds. The minimum absolute atomic E-state index is 0.0311. The van der Waals surface area contributed by atoms with E-state index in [9.17, 15) is 4.79 Å². The van der Waals surface area contributed by atoms with Crippen LogP contribution in [0.3, 0.4) is 0 Å². The fraction of sp³-hybridized carbons (Fsp3) is 0.357. The summed E-state index contributed by atoms with van der Waals surface area (Å²) in [6.45, 7) is 10.9. The predicted octanol–water partition coefficient (Wildman–Crippen LogP) is 4.04. The van der Waals surface area contributed by atoms with E-state index < -0.39 is 0 Å². The van der Waals surface area contributed by atoms with E-state index in [2.05, 4.69) is 64.8 Å². The van der Waals surface area contributed by atoms with E-state index in [1.165, 1.54) is 23.4 Å². The molecule has 0 unspecified atom stereocenters. The number of piperazine rings is 1. The van der Waals surface area contributed by atoms with Crippen LogP contribution in [-0.2, 0) is 11.3 Å². The van der Waals surface area contributed by atoms with E-state index in [1.807, 2.05) is 9.58 Å². The third-order valence-corrected chi connectivity index (χ3v) is 7.16. The van der Waals surface area contributed by atoms with Crippen molar-refractivity contribution in [3.05, 3.63) is 60.9 Å². The van der Waals surface area contributed by atoms with E-state index in [-0.39, 0.29) is 5.91 Å². The summed E-state index contributed by atoms with van der Waals surface area (Å²) in [6, 6.07) is 12.7. The summed E-state index contributed by atoms with van der Waals surface area (Å²) in [7, 11) is 0. The van der Waals surface area contributed by atoms with Gasteiger partial charge in [-0.3, -0.25) is 9.69 Å². The van der Waals surface area contributed by atoms with E-state index in [0.29, 0.717) is 5.82 Å². The maximum atomic E-state index is 11.8. The number of unbranched alkanes of at least 4 members (excludes halogenated alkanes) is 2. The number of nitrogens with zero attached hydrogens (tertiary/aromatic N) is 6. The molecule has 2 aromatic carbocycles. The quantitative estimate of drug-likeness (QED) is 0.300. The molecule has 0 saturated carbocycles. The van der Waals surface area contributed by atoms with Crippen molar-refractivity contribution in [2.45, 2.75) is 32.7 Å². The highest BCUT2D eigenvalue weighted by Gasteiger charge is 2.20. The Hall–Kier alpha value is -3.78. The summed E-state index contributed by atoms with van der Waals surface area (Å²) in [4.78, 5) is 24.9. The minimum Gasteiger partial charge on any atom is -0.383 e. The molecule has 1 aliphatic heterocycles. The van der Waals surface area contributed by atoms with Gasteiger partial charge in [0.15, 0.2) is 5.65 Å². The van der Waals surface area contributed by atoms with Crippen LogP contribution in [0, 0.1) is 6.92 Å². The van der Waals surface area contributed by atoms with Gasteiger partial charge < -0.3 is 10.6 Å². The molecule has 0 spiro atoms.